The number of nitrogens with two attached hydrogens (primary N) is 1. The number of aromatic nitrogens is 1. The van der Waals surface area contributed by atoms with E-state index in [9.17, 15) is 0 Å². The molecule has 1 heterocycles. The summed E-state index contributed by atoms with van der Waals surface area (Å²) in [6.07, 6.45) is 1.74. The molecule has 0 aliphatic heterocycles. The third-order valence-corrected chi connectivity index (χ3v) is 3.76. The van der Waals surface area contributed by atoms with Gasteiger partial charge in [0, 0.05) is 11.6 Å². The Balaban J connectivity index is 2.13. The predicted octanol–water partition coefficient (Wildman–Crippen LogP) is 3.68. The maximum atomic E-state index is 5.83. The number of nitrogens with zero attached hydrogens (tertiary/aromatic N) is 2. The van der Waals surface area contributed by atoms with E-state index in [0.29, 0.717) is 5.11 Å². The van der Waals surface area contributed by atoms with E-state index >= 15 is 0 Å². The highest BCUT2D eigenvalue weighted by Gasteiger charge is 2.14. The molecule has 0 amide bonds. The van der Waals surface area contributed by atoms with Gasteiger partial charge in [-0.3, -0.25) is 4.90 Å². The first-order chi connectivity index (χ1) is 9.25. The fraction of sp³-hybridized carbons (Fsp3) is 0. The first kappa shape index (κ1) is 12.1. The van der Waals surface area contributed by atoms with Gasteiger partial charge in [-0.05, 0) is 35.1 Å². The molecule has 5 heteroatoms. The maximum Gasteiger partial charge on any atom is 0.196 e. The lowest BCUT2D eigenvalue weighted by atomic mass is 10.1. The average Bonchev–Trinajstić information content (AvgIpc) is 2.92. The number of rotatable bonds is 2. The second kappa shape index (κ2) is 4.95. The molecule has 0 aliphatic rings. The summed E-state index contributed by atoms with van der Waals surface area (Å²) in [6, 6.07) is 14.3. The van der Waals surface area contributed by atoms with E-state index in [1.54, 1.807) is 11.1 Å². The van der Waals surface area contributed by atoms with Gasteiger partial charge < -0.3 is 5.73 Å². The van der Waals surface area contributed by atoms with Crippen molar-refractivity contribution in [3.8, 4) is 0 Å². The zero-order valence-corrected chi connectivity index (χ0v) is 11.6. The molecule has 0 unspecified atom stereocenters. The Kier molecular flexibility index (Phi) is 3.15. The van der Waals surface area contributed by atoms with Crippen molar-refractivity contribution < 1.29 is 0 Å². The van der Waals surface area contributed by atoms with E-state index in [4.69, 9.17) is 18.0 Å². The van der Waals surface area contributed by atoms with Crippen molar-refractivity contribution >= 4 is 50.3 Å². The summed E-state index contributed by atoms with van der Waals surface area (Å²) in [4.78, 5) is 6.06. The molecule has 0 saturated carbocycles. The number of thiazole rings is 1. The van der Waals surface area contributed by atoms with Gasteiger partial charge in [0.15, 0.2) is 10.2 Å². The summed E-state index contributed by atoms with van der Waals surface area (Å²) in [5.74, 6) is 0. The van der Waals surface area contributed by atoms with Gasteiger partial charge in [-0.15, -0.1) is 11.3 Å². The zero-order valence-electron chi connectivity index (χ0n) is 9.98. The molecule has 3 rings (SSSR count). The van der Waals surface area contributed by atoms with Crippen LogP contribution in [-0.2, 0) is 0 Å². The van der Waals surface area contributed by atoms with Crippen molar-refractivity contribution in [3.05, 3.63) is 54.0 Å². The largest absolute Gasteiger partial charge is 0.376 e. The molecule has 1 aromatic heterocycles. The molecule has 3 aromatic rings. The summed E-state index contributed by atoms with van der Waals surface area (Å²) >= 11 is 6.65. The summed E-state index contributed by atoms with van der Waals surface area (Å²) in [5, 5.41) is 5.32. The molecule has 19 heavy (non-hydrogen) atoms. The van der Waals surface area contributed by atoms with Crippen molar-refractivity contribution in [3.63, 3.8) is 0 Å². The van der Waals surface area contributed by atoms with Gasteiger partial charge in [0.05, 0.1) is 5.69 Å². The predicted molar refractivity (Wildman–Crippen MR) is 85.0 cm³/mol. The molecule has 0 fully saturated rings. The maximum absolute atomic E-state index is 5.83. The Bertz CT molecular complexity index is 722. The van der Waals surface area contributed by atoms with Crippen LogP contribution in [0.5, 0.6) is 0 Å². The number of hydrogen-bond donors (Lipinski definition) is 1. The number of benzene rings is 2. The van der Waals surface area contributed by atoms with Crippen LogP contribution in [0.3, 0.4) is 0 Å². The normalized spacial score (nSPS) is 10.5. The molecule has 0 radical (unpaired) electrons. The summed E-state index contributed by atoms with van der Waals surface area (Å²) in [5.41, 5.74) is 6.76. The first-order valence-electron chi connectivity index (χ1n) is 5.73. The van der Waals surface area contributed by atoms with E-state index in [2.05, 4.69) is 29.2 Å². The smallest absolute Gasteiger partial charge is 0.196 e. The molecule has 0 bridgehead atoms. The lowest BCUT2D eigenvalue weighted by molar-refractivity contribution is 1.28. The number of fused-ring (bicyclic) bond motifs is 1. The second-order valence-electron chi connectivity index (χ2n) is 4.02. The van der Waals surface area contributed by atoms with Gasteiger partial charge in [0.2, 0.25) is 0 Å². The molecule has 3 nitrogen and oxygen atoms in total. The fourth-order valence-corrected chi connectivity index (χ4v) is 2.90. The van der Waals surface area contributed by atoms with Crippen LogP contribution in [0.4, 0.5) is 10.8 Å². The Morgan fingerprint density at radius 1 is 1.16 bits per heavy atom. The highest BCUT2D eigenvalue weighted by molar-refractivity contribution is 7.80. The third kappa shape index (κ3) is 2.30. The SMILES string of the molecule is NC(=S)N(c1ccc2ccccc2c1)c1nccs1. The average molecular weight is 285 g/mol. The van der Waals surface area contributed by atoms with Gasteiger partial charge in [0.25, 0.3) is 0 Å². The first-order valence-corrected chi connectivity index (χ1v) is 7.02. The van der Waals surface area contributed by atoms with Crippen LogP contribution in [0, 0.1) is 0 Å². The molecule has 2 aromatic carbocycles. The summed E-state index contributed by atoms with van der Waals surface area (Å²) in [7, 11) is 0. The van der Waals surface area contributed by atoms with Crippen molar-refractivity contribution in [1.29, 1.82) is 0 Å². The van der Waals surface area contributed by atoms with E-state index in [1.807, 2.05) is 23.6 Å². The minimum Gasteiger partial charge on any atom is -0.376 e. The van der Waals surface area contributed by atoms with Crippen LogP contribution >= 0.6 is 23.6 Å². The van der Waals surface area contributed by atoms with Gasteiger partial charge in [0.1, 0.15) is 0 Å². The molecule has 0 spiro atoms. The van der Waals surface area contributed by atoms with Crippen LogP contribution in [0.2, 0.25) is 0 Å². The topological polar surface area (TPSA) is 42.1 Å². The number of hydrogen-bond acceptors (Lipinski definition) is 3. The van der Waals surface area contributed by atoms with Crippen LogP contribution < -0.4 is 10.6 Å². The Hall–Kier alpha value is -1.98. The van der Waals surface area contributed by atoms with E-state index < -0.39 is 0 Å². The van der Waals surface area contributed by atoms with Crippen molar-refractivity contribution in [2.24, 2.45) is 5.73 Å². The number of thiocarbonyl (C=S) groups is 1. The molecule has 2 N–H and O–H groups in total. The molecule has 0 saturated heterocycles. The van der Waals surface area contributed by atoms with Crippen LogP contribution in [0.15, 0.2) is 54.0 Å². The van der Waals surface area contributed by atoms with E-state index in [-0.39, 0.29) is 0 Å². The van der Waals surface area contributed by atoms with Crippen LogP contribution in [0.25, 0.3) is 10.8 Å². The van der Waals surface area contributed by atoms with Crippen molar-refractivity contribution in [2.45, 2.75) is 0 Å². The van der Waals surface area contributed by atoms with Gasteiger partial charge in [-0.1, -0.05) is 30.3 Å². The Morgan fingerprint density at radius 3 is 2.63 bits per heavy atom. The lowest BCUT2D eigenvalue weighted by Crippen LogP contribution is -2.30. The minimum atomic E-state index is 0.297. The summed E-state index contributed by atoms with van der Waals surface area (Å²) < 4.78 is 0. The highest BCUT2D eigenvalue weighted by atomic mass is 32.1. The quantitative estimate of drug-likeness (QED) is 0.729. The Labute approximate surface area is 120 Å². The molecule has 0 atom stereocenters. The molecule has 0 aliphatic carbocycles. The van der Waals surface area contributed by atoms with E-state index in [0.717, 1.165) is 16.2 Å². The molecule has 94 valence electrons. The van der Waals surface area contributed by atoms with Crippen LogP contribution in [-0.4, -0.2) is 10.1 Å². The zero-order chi connectivity index (χ0) is 13.2. The van der Waals surface area contributed by atoms with E-state index in [1.165, 1.54) is 16.7 Å². The standard InChI is InChI=1S/C14H11N3S2/c15-13(18)17(14-16-7-8-19-14)12-6-5-10-3-1-2-4-11(10)9-12/h1-9H,(H2,15,18). The van der Waals surface area contributed by atoms with Crippen molar-refractivity contribution in [2.75, 3.05) is 4.90 Å². The minimum absolute atomic E-state index is 0.297. The lowest BCUT2D eigenvalue weighted by Gasteiger charge is -2.20. The highest BCUT2D eigenvalue weighted by Crippen LogP contribution is 2.29. The van der Waals surface area contributed by atoms with Crippen LogP contribution in [0.1, 0.15) is 0 Å². The van der Waals surface area contributed by atoms with Gasteiger partial charge >= 0.3 is 0 Å². The molecular weight excluding hydrogens is 274 g/mol. The van der Waals surface area contributed by atoms with Gasteiger partial charge in [-0.25, -0.2) is 4.98 Å². The molecular formula is C14H11N3S2. The monoisotopic (exact) mass is 285 g/mol. The number of anilines is 2. The van der Waals surface area contributed by atoms with Gasteiger partial charge in [-0.2, -0.15) is 0 Å². The second-order valence-corrected chi connectivity index (χ2v) is 5.31. The summed E-state index contributed by atoms with van der Waals surface area (Å²) in [6.45, 7) is 0. The fourth-order valence-electron chi connectivity index (χ4n) is 1.97. The Morgan fingerprint density at radius 2 is 1.95 bits per heavy atom. The third-order valence-electron chi connectivity index (χ3n) is 2.82. The van der Waals surface area contributed by atoms with Crippen molar-refractivity contribution in [1.82, 2.24) is 4.98 Å².